The minimum Gasteiger partial charge on any atom is -0.507 e. The van der Waals surface area contributed by atoms with Gasteiger partial charge in [0, 0.05) is 0 Å². The van der Waals surface area contributed by atoms with E-state index in [1.165, 1.54) is 41.4 Å². The van der Waals surface area contributed by atoms with Gasteiger partial charge in [-0.1, -0.05) is 17.3 Å². The molecule has 222 valence electrons. The fourth-order valence-corrected chi connectivity index (χ4v) is 4.70. The van der Waals surface area contributed by atoms with Crippen LogP contribution in [0.15, 0.2) is 36.8 Å². The Bertz CT molecular complexity index is 1760. The van der Waals surface area contributed by atoms with Crippen molar-refractivity contribution in [1.82, 2.24) is 39.2 Å². The number of aromatic nitrogens is 7. The molecule has 1 aliphatic heterocycles. The molecule has 1 aliphatic rings. The van der Waals surface area contributed by atoms with Gasteiger partial charge in [0.15, 0.2) is 23.4 Å². The van der Waals surface area contributed by atoms with Gasteiger partial charge in [0.2, 0.25) is 0 Å². The quantitative estimate of drug-likeness (QED) is 0.131. The highest BCUT2D eigenvalue weighted by molar-refractivity contribution is 7.85. The number of nitrogens with one attached hydrogen (secondary N) is 1. The van der Waals surface area contributed by atoms with E-state index in [-0.39, 0.29) is 40.8 Å². The molecule has 5 rings (SSSR count). The van der Waals surface area contributed by atoms with Crippen LogP contribution in [0.4, 0.5) is 5.82 Å². The van der Waals surface area contributed by atoms with E-state index in [1.807, 2.05) is 0 Å². The maximum atomic E-state index is 12.3. The minimum absolute atomic E-state index is 0.0334. The molecule has 19 nitrogen and oxygen atoms in total. The van der Waals surface area contributed by atoms with E-state index in [9.17, 15) is 33.3 Å². The van der Waals surface area contributed by atoms with Crippen LogP contribution in [-0.2, 0) is 24.0 Å². The predicted molar refractivity (Wildman–Crippen MR) is 137 cm³/mol. The van der Waals surface area contributed by atoms with Crippen LogP contribution in [0.3, 0.4) is 0 Å². The number of carbonyl (C=O) groups is 2. The first-order chi connectivity index (χ1) is 20.0. The number of imidazole rings is 1. The zero-order valence-corrected chi connectivity index (χ0v) is 22.3. The summed E-state index contributed by atoms with van der Waals surface area (Å²) in [6.45, 7) is 0.951. The lowest BCUT2D eigenvalue weighted by Crippen LogP contribution is -2.37. The molecule has 0 spiro atoms. The fourth-order valence-electron chi connectivity index (χ4n) is 3.99. The van der Waals surface area contributed by atoms with Crippen LogP contribution in [0, 0.1) is 0 Å². The van der Waals surface area contributed by atoms with Crippen molar-refractivity contribution in [2.75, 3.05) is 18.9 Å². The van der Waals surface area contributed by atoms with Gasteiger partial charge in [-0.15, -0.1) is 5.10 Å². The molecule has 1 fully saturated rings. The average Bonchev–Trinajstić information content (AvgIpc) is 3.67. The molecule has 3 aromatic heterocycles. The molecule has 0 aliphatic carbocycles. The first-order valence-corrected chi connectivity index (χ1v) is 13.5. The number of esters is 1. The number of phenols is 1. The molecule has 1 saturated heterocycles. The number of aliphatic hydroxyl groups excluding tert-OH is 2. The number of nitrogen functional groups attached to an aromatic ring is 1. The number of hydrogen-bond acceptors (Lipinski definition) is 16. The lowest BCUT2D eigenvalue weighted by molar-refractivity contribution is -0.0468. The fraction of sp³-hybridized carbons (Fsp3) is 0.318. The summed E-state index contributed by atoms with van der Waals surface area (Å²) in [5.41, 5.74) is 5.74. The Labute approximate surface area is 235 Å². The highest BCUT2D eigenvalue weighted by Gasteiger charge is 2.45. The Morgan fingerprint density at radius 2 is 1.95 bits per heavy atom. The number of amides is 1. The van der Waals surface area contributed by atoms with Crippen molar-refractivity contribution < 1.29 is 47.0 Å². The Morgan fingerprint density at radius 1 is 1.19 bits per heavy atom. The van der Waals surface area contributed by atoms with E-state index in [1.54, 1.807) is 11.6 Å². The molecule has 1 aromatic carbocycles. The molecule has 0 bridgehead atoms. The first-order valence-electron chi connectivity index (χ1n) is 12.1. The predicted octanol–water partition coefficient (Wildman–Crippen LogP) is -1.82. The smallest absolute Gasteiger partial charge is 0.362 e. The maximum Gasteiger partial charge on any atom is 0.362 e. The highest BCUT2D eigenvalue weighted by atomic mass is 32.2. The van der Waals surface area contributed by atoms with E-state index in [4.69, 9.17) is 19.4 Å². The molecule has 0 unspecified atom stereocenters. The summed E-state index contributed by atoms with van der Waals surface area (Å²) >= 11 is 0. The van der Waals surface area contributed by atoms with Crippen LogP contribution in [0.1, 0.15) is 34.0 Å². The number of fused-ring (bicyclic) bond motifs is 1. The van der Waals surface area contributed by atoms with E-state index in [0.29, 0.717) is 0 Å². The number of rotatable bonds is 9. The number of anilines is 1. The monoisotopic (exact) mass is 605 g/mol. The zero-order valence-electron chi connectivity index (χ0n) is 21.5. The molecular formula is C22H23N9O10S. The third-order valence-electron chi connectivity index (χ3n) is 5.98. The number of phenolic OH excluding ortho intramolecular Hbond substituents is 1. The van der Waals surface area contributed by atoms with Crippen molar-refractivity contribution >= 4 is 39.2 Å². The van der Waals surface area contributed by atoms with Gasteiger partial charge in [-0.05, 0) is 19.1 Å². The third kappa shape index (κ3) is 5.56. The second-order valence-corrected chi connectivity index (χ2v) is 10.1. The van der Waals surface area contributed by atoms with Crippen molar-refractivity contribution in [2.45, 2.75) is 31.5 Å². The topological polar surface area (TPSA) is 269 Å². The van der Waals surface area contributed by atoms with Gasteiger partial charge in [-0.3, -0.25) is 13.5 Å². The van der Waals surface area contributed by atoms with Crippen molar-refractivity contribution in [2.24, 2.45) is 0 Å². The lowest BCUT2D eigenvalue weighted by Gasteiger charge is -2.16. The van der Waals surface area contributed by atoms with Gasteiger partial charge in [0.25, 0.3) is 11.9 Å². The van der Waals surface area contributed by atoms with Gasteiger partial charge in [-0.2, -0.15) is 23.1 Å². The van der Waals surface area contributed by atoms with Crippen LogP contribution < -0.4 is 10.5 Å². The molecule has 4 heterocycles. The van der Waals surface area contributed by atoms with Gasteiger partial charge in [0.1, 0.15) is 29.6 Å². The molecule has 4 atom stereocenters. The number of ether oxygens (including phenoxy) is 2. The molecule has 6 N–H and O–H groups in total. The summed E-state index contributed by atoms with van der Waals surface area (Å²) < 4.78 is 43.9. The molecule has 42 heavy (non-hydrogen) atoms. The summed E-state index contributed by atoms with van der Waals surface area (Å²) in [5, 5.41) is 38.5. The van der Waals surface area contributed by atoms with Crippen LogP contribution >= 0.6 is 0 Å². The van der Waals surface area contributed by atoms with Crippen LogP contribution in [-0.4, -0.2) is 102 Å². The van der Waals surface area contributed by atoms with Crippen LogP contribution in [0.2, 0.25) is 0 Å². The molecule has 0 saturated carbocycles. The lowest BCUT2D eigenvalue weighted by atomic mass is 10.1. The van der Waals surface area contributed by atoms with E-state index in [0.717, 1.165) is 4.68 Å². The third-order valence-corrected chi connectivity index (χ3v) is 6.87. The normalized spacial score (nSPS) is 20.5. The van der Waals surface area contributed by atoms with E-state index in [2.05, 4.69) is 25.3 Å². The standard InChI is InChI=1S/C22H23N9O10S/c1-2-39-21(36)11-7-31(29-27-11)22-25-17(23)14-18(26-22)30(9-24-14)20-16(34)15(33)13(41-20)8-40-42(37,38)28-19(35)10-5-3-4-6-12(10)32/h3-7,9,13,15-16,20,32-34H,2,8H2,1H3,(H,28,35)(H2,23,25,26)/t13-,15-,16-,20-/m0/s1. The van der Waals surface area contributed by atoms with Gasteiger partial charge in [0.05, 0.1) is 31.3 Å². The number of carbonyl (C=O) groups excluding carboxylic acids is 2. The summed E-state index contributed by atoms with van der Waals surface area (Å²) in [6, 6.07) is 5.25. The summed E-state index contributed by atoms with van der Waals surface area (Å²) in [5.74, 6) is -2.54. The highest BCUT2D eigenvalue weighted by Crippen LogP contribution is 2.32. The van der Waals surface area contributed by atoms with Crippen LogP contribution in [0.5, 0.6) is 5.75 Å². The van der Waals surface area contributed by atoms with E-state index >= 15 is 0 Å². The number of aliphatic hydroxyl groups is 2. The minimum atomic E-state index is -4.72. The summed E-state index contributed by atoms with van der Waals surface area (Å²) in [4.78, 5) is 36.7. The second kappa shape index (κ2) is 11.3. The second-order valence-electron chi connectivity index (χ2n) is 8.73. The van der Waals surface area contributed by atoms with Crippen molar-refractivity contribution in [3.8, 4) is 11.7 Å². The number of nitrogens with zero attached hydrogens (tertiary/aromatic N) is 7. The van der Waals surface area contributed by atoms with Crippen LogP contribution in [0.25, 0.3) is 17.1 Å². The number of benzene rings is 1. The summed E-state index contributed by atoms with van der Waals surface area (Å²) in [7, 11) is -4.72. The zero-order chi connectivity index (χ0) is 30.2. The number of hydrogen-bond donors (Lipinski definition) is 5. The average molecular weight is 606 g/mol. The van der Waals surface area contributed by atoms with Gasteiger partial charge >= 0.3 is 16.3 Å². The molecule has 4 aromatic rings. The Balaban J connectivity index is 1.33. The van der Waals surface area contributed by atoms with E-state index < -0.39 is 59.1 Å². The molecule has 20 heteroatoms. The Kier molecular flexibility index (Phi) is 7.71. The molecule has 0 radical (unpaired) electrons. The maximum absolute atomic E-state index is 12.3. The largest absolute Gasteiger partial charge is 0.507 e. The van der Waals surface area contributed by atoms with Gasteiger partial charge in [-0.25, -0.2) is 14.5 Å². The molecular weight excluding hydrogens is 582 g/mol. The summed E-state index contributed by atoms with van der Waals surface area (Å²) in [6.07, 6.45) is -3.56. The van der Waals surface area contributed by atoms with Crippen molar-refractivity contribution in [3.05, 3.63) is 48.0 Å². The molecule has 1 amide bonds. The SMILES string of the molecule is CCOC(=O)c1cn(-c2nc(N)c3ncn([C@H]4O[C@@H](COS(=O)(=O)NC(=O)c5ccccc5O)[C@H](O)[C@@H]4O)c3n2)nn1. The Hall–Kier alpha value is -4.76. The van der Waals surface area contributed by atoms with Gasteiger partial charge < -0.3 is 30.5 Å². The van der Waals surface area contributed by atoms with Crippen molar-refractivity contribution in [1.29, 1.82) is 0 Å². The number of nitrogens with two attached hydrogens (primary N) is 1. The number of para-hydroxylation sites is 1. The van der Waals surface area contributed by atoms with Crippen molar-refractivity contribution in [3.63, 3.8) is 0 Å². The Morgan fingerprint density at radius 3 is 2.69 bits per heavy atom. The first kappa shape index (κ1) is 28.8. The number of aromatic hydroxyl groups is 1.